The Labute approximate surface area is 116 Å². The van der Waals surface area contributed by atoms with E-state index in [9.17, 15) is 4.79 Å². The molecule has 0 atom stereocenters. The van der Waals surface area contributed by atoms with Crippen molar-refractivity contribution in [2.24, 2.45) is 0 Å². The molecule has 1 aliphatic rings. The number of hydrogen-bond donors (Lipinski definition) is 0. The molecule has 0 aromatic heterocycles. The van der Waals surface area contributed by atoms with Gasteiger partial charge in [0.2, 0.25) is 0 Å². The zero-order chi connectivity index (χ0) is 13.9. The minimum absolute atomic E-state index is 0.301. The largest absolute Gasteiger partial charge is 0.398 e. The molecule has 4 heteroatoms. The summed E-state index contributed by atoms with van der Waals surface area (Å²) in [5, 5.41) is 0. The van der Waals surface area contributed by atoms with Gasteiger partial charge in [0, 0.05) is 26.2 Å². The van der Waals surface area contributed by atoms with E-state index in [2.05, 4.69) is 24.7 Å². The first-order valence-corrected chi connectivity index (χ1v) is 9.36. The van der Waals surface area contributed by atoms with Crippen molar-refractivity contribution in [1.29, 1.82) is 0 Å². The van der Waals surface area contributed by atoms with Crippen LogP contribution in [-0.2, 0) is 21.7 Å². The van der Waals surface area contributed by atoms with E-state index in [-0.39, 0.29) is 0 Å². The van der Waals surface area contributed by atoms with Crippen LogP contribution in [0, 0.1) is 0 Å². The van der Waals surface area contributed by atoms with Crippen LogP contribution in [0.25, 0.3) is 0 Å². The van der Waals surface area contributed by atoms with E-state index in [0.717, 1.165) is 36.4 Å². The predicted octanol–water partition coefficient (Wildman–Crippen LogP) is 3.11. The molecule has 0 N–H and O–H groups in total. The number of Topliss-reactive ketones (excluding diaryl/α,β-unsaturated/α-hetero) is 1. The molecule has 2 rings (SSSR count). The number of fused-ring (bicyclic) bond motifs is 1. The van der Waals surface area contributed by atoms with Gasteiger partial charge < -0.3 is 8.85 Å². The lowest BCUT2D eigenvalue weighted by molar-refractivity contribution is 0.0971. The molecule has 0 saturated heterocycles. The van der Waals surface area contributed by atoms with Crippen LogP contribution >= 0.6 is 0 Å². The number of aryl methyl sites for hydroxylation is 2. The minimum atomic E-state index is -2.06. The van der Waals surface area contributed by atoms with E-state index >= 15 is 0 Å². The van der Waals surface area contributed by atoms with Crippen molar-refractivity contribution in [1.82, 2.24) is 0 Å². The number of carbonyl (C=O) groups excluding carboxylic acids is 1. The summed E-state index contributed by atoms with van der Waals surface area (Å²) >= 11 is 0. The Morgan fingerprint density at radius 2 is 1.95 bits per heavy atom. The first kappa shape index (κ1) is 14.4. The molecule has 1 aromatic carbocycles. The summed E-state index contributed by atoms with van der Waals surface area (Å²) in [7, 11) is 1.36. The quantitative estimate of drug-likeness (QED) is 0.776. The Morgan fingerprint density at radius 3 is 2.63 bits per heavy atom. The number of ketones is 1. The molecule has 19 heavy (non-hydrogen) atoms. The molecule has 0 spiro atoms. The molecule has 0 radical (unpaired) electrons. The third kappa shape index (κ3) is 3.13. The first-order valence-electron chi connectivity index (χ1n) is 6.84. The van der Waals surface area contributed by atoms with E-state index in [1.807, 2.05) is 0 Å². The molecule has 3 nitrogen and oxygen atoms in total. The average Bonchev–Trinajstić information content (AvgIpc) is 2.45. The maximum absolute atomic E-state index is 12.1. The van der Waals surface area contributed by atoms with Crippen LogP contribution in [0.4, 0.5) is 0 Å². The molecule has 0 amide bonds. The van der Waals surface area contributed by atoms with E-state index in [1.165, 1.54) is 5.56 Å². The van der Waals surface area contributed by atoms with Crippen LogP contribution in [-0.4, -0.2) is 28.6 Å². The summed E-state index contributed by atoms with van der Waals surface area (Å²) in [6.07, 6.45) is 3.56. The fourth-order valence-electron chi connectivity index (χ4n) is 2.64. The second-order valence-electron chi connectivity index (χ2n) is 5.27. The highest BCUT2D eigenvalue weighted by Crippen LogP contribution is 2.26. The van der Waals surface area contributed by atoms with Gasteiger partial charge in [0.25, 0.3) is 0 Å². The normalized spacial score (nSPS) is 15.4. The van der Waals surface area contributed by atoms with Gasteiger partial charge in [-0.15, -0.1) is 0 Å². The first-order chi connectivity index (χ1) is 9.09. The minimum Gasteiger partial charge on any atom is -0.398 e. The summed E-state index contributed by atoms with van der Waals surface area (Å²) in [6, 6.07) is 7.09. The summed E-state index contributed by atoms with van der Waals surface area (Å²) < 4.78 is 11.0. The van der Waals surface area contributed by atoms with Gasteiger partial charge in [0.05, 0.1) is 0 Å². The van der Waals surface area contributed by atoms with Crippen molar-refractivity contribution >= 4 is 14.3 Å². The lowest BCUT2D eigenvalue weighted by Gasteiger charge is -2.24. The van der Waals surface area contributed by atoms with Crippen molar-refractivity contribution in [2.45, 2.75) is 38.3 Å². The summed E-state index contributed by atoms with van der Waals surface area (Å²) in [6.45, 7) is 2.06. The predicted molar refractivity (Wildman–Crippen MR) is 77.9 cm³/mol. The van der Waals surface area contributed by atoms with Gasteiger partial charge in [-0.25, -0.2) is 0 Å². The number of hydrogen-bond acceptors (Lipinski definition) is 3. The fourth-order valence-corrected chi connectivity index (χ4v) is 3.94. The lowest BCUT2D eigenvalue weighted by atomic mass is 9.86. The third-order valence-corrected chi connectivity index (χ3v) is 6.96. The smallest absolute Gasteiger partial charge is 0.334 e. The Kier molecular flexibility index (Phi) is 4.55. The van der Waals surface area contributed by atoms with Gasteiger partial charge in [-0.2, -0.15) is 0 Å². The Morgan fingerprint density at radius 1 is 1.21 bits per heavy atom. The topological polar surface area (TPSA) is 35.5 Å². The van der Waals surface area contributed by atoms with Gasteiger partial charge in [-0.1, -0.05) is 18.2 Å². The highest BCUT2D eigenvalue weighted by Gasteiger charge is 2.29. The molecule has 104 valence electrons. The van der Waals surface area contributed by atoms with Gasteiger partial charge in [-0.3, -0.25) is 4.79 Å². The van der Waals surface area contributed by atoms with Crippen LogP contribution in [0.3, 0.4) is 0 Å². The van der Waals surface area contributed by atoms with Gasteiger partial charge in [-0.05, 0) is 43.0 Å². The van der Waals surface area contributed by atoms with Crippen molar-refractivity contribution in [3.63, 3.8) is 0 Å². The molecule has 0 saturated carbocycles. The number of carbonyl (C=O) groups is 1. The highest BCUT2D eigenvalue weighted by atomic mass is 28.4. The second kappa shape index (κ2) is 5.99. The van der Waals surface area contributed by atoms with Crippen LogP contribution in [0.5, 0.6) is 0 Å². The zero-order valence-electron chi connectivity index (χ0n) is 12.0. The maximum Gasteiger partial charge on any atom is 0.334 e. The van der Waals surface area contributed by atoms with Crippen molar-refractivity contribution < 1.29 is 13.6 Å². The Hall–Kier alpha value is -0.973. The van der Waals surface area contributed by atoms with E-state index < -0.39 is 8.56 Å². The summed E-state index contributed by atoms with van der Waals surface area (Å²) in [4.78, 5) is 12.1. The van der Waals surface area contributed by atoms with E-state index in [4.69, 9.17) is 8.85 Å². The van der Waals surface area contributed by atoms with Crippen molar-refractivity contribution in [3.8, 4) is 0 Å². The maximum atomic E-state index is 12.1. The Bertz CT molecular complexity index is 466. The van der Waals surface area contributed by atoms with Crippen LogP contribution in [0.2, 0.25) is 12.6 Å². The second-order valence-corrected chi connectivity index (χ2v) is 8.85. The molecule has 1 aliphatic carbocycles. The van der Waals surface area contributed by atoms with Crippen molar-refractivity contribution in [3.05, 3.63) is 34.9 Å². The van der Waals surface area contributed by atoms with Gasteiger partial charge in [0.15, 0.2) is 5.78 Å². The highest BCUT2D eigenvalue weighted by molar-refractivity contribution is 6.65. The molecule has 0 heterocycles. The van der Waals surface area contributed by atoms with Gasteiger partial charge in [0.1, 0.15) is 0 Å². The van der Waals surface area contributed by atoms with Crippen LogP contribution in [0.15, 0.2) is 18.2 Å². The molecule has 0 unspecified atom stereocenters. The Balaban J connectivity index is 2.20. The number of rotatable bonds is 5. The van der Waals surface area contributed by atoms with Crippen LogP contribution < -0.4 is 0 Å². The molecule has 0 bridgehead atoms. The summed E-state index contributed by atoms with van der Waals surface area (Å²) in [5.74, 6) is 0.301. The molecule has 0 fully saturated rings. The monoisotopic (exact) mass is 278 g/mol. The van der Waals surface area contributed by atoms with E-state index in [0.29, 0.717) is 12.2 Å². The SMILES string of the molecule is CO[Si](C)(CCc1cccc2c1C(=O)CCC2)OC. The molecular weight excluding hydrogens is 256 g/mol. The fraction of sp³-hybridized carbons (Fsp3) is 0.533. The number of benzene rings is 1. The third-order valence-electron chi connectivity index (χ3n) is 4.08. The average molecular weight is 278 g/mol. The summed E-state index contributed by atoms with van der Waals surface area (Å²) in [5.41, 5.74) is 3.35. The van der Waals surface area contributed by atoms with Crippen molar-refractivity contribution in [2.75, 3.05) is 14.2 Å². The lowest BCUT2D eigenvalue weighted by Crippen LogP contribution is -2.36. The molecule has 1 aromatic rings. The standard InChI is InChI=1S/C15H22O3Si/c1-17-19(3,18-2)11-10-13-7-4-6-12-8-5-9-14(16)15(12)13/h4,6-7H,5,8-11H2,1-3H3. The molecule has 0 aliphatic heterocycles. The van der Waals surface area contributed by atoms with E-state index in [1.54, 1.807) is 14.2 Å². The van der Waals surface area contributed by atoms with Gasteiger partial charge >= 0.3 is 8.56 Å². The zero-order valence-corrected chi connectivity index (χ0v) is 13.0. The molecular formula is C15H22O3Si. The van der Waals surface area contributed by atoms with Crippen LogP contribution in [0.1, 0.15) is 34.3 Å².